The lowest BCUT2D eigenvalue weighted by Crippen LogP contribution is -2.47. The predicted octanol–water partition coefficient (Wildman–Crippen LogP) is 2.08. The average Bonchev–Trinajstić information content (AvgIpc) is 2.69. The minimum Gasteiger partial charge on any atom is -0.458 e. The van der Waals surface area contributed by atoms with Crippen molar-refractivity contribution >= 4 is 11.9 Å². The summed E-state index contributed by atoms with van der Waals surface area (Å²) in [5, 5.41) is 6.26. The van der Waals surface area contributed by atoms with Crippen LogP contribution in [0.2, 0.25) is 0 Å². The van der Waals surface area contributed by atoms with E-state index in [0.717, 1.165) is 0 Å². The Bertz CT molecular complexity index is 486. The van der Waals surface area contributed by atoms with Gasteiger partial charge in [-0.05, 0) is 33.6 Å². The van der Waals surface area contributed by atoms with Crippen LogP contribution in [0.25, 0.3) is 0 Å². The third-order valence-electron chi connectivity index (χ3n) is 2.47. The van der Waals surface area contributed by atoms with Crippen LogP contribution in [-0.2, 0) is 9.53 Å². The Hall–Kier alpha value is -1.85. The Balaban J connectivity index is 2.77. The maximum absolute atomic E-state index is 12.1. The first-order valence-electron chi connectivity index (χ1n) is 6.57. The lowest BCUT2D eigenvalue weighted by molar-refractivity contribution is -0.158. The van der Waals surface area contributed by atoms with E-state index in [0.29, 0.717) is 5.76 Å². The highest BCUT2D eigenvalue weighted by molar-refractivity contribution is 5.95. The van der Waals surface area contributed by atoms with E-state index in [1.54, 1.807) is 27.7 Å². The maximum Gasteiger partial charge on any atom is 0.329 e. The molecule has 6 nitrogen and oxygen atoms in total. The molecule has 1 atom stereocenters. The van der Waals surface area contributed by atoms with Crippen molar-refractivity contribution in [1.29, 1.82) is 0 Å². The number of aryl methyl sites for hydroxylation is 1. The highest BCUT2D eigenvalue weighted by atomic mass is 16.6. The largest absolute Gasteiger partial charge is 0.458 e. The minimum absolute atomic E-state index is 0.0956. The van der Waals surface area contributed by atoms with Crippen LogP contribution in [0.3, 0.4) is 0 Å². The molecule has 0 saturated heterocycles. The lowest BCUT2D eigenvalue weighted by atomic mass is 10.0. The van der Waals surface area contributed by atoms with Crippen LogP contribution in [0.5, 0.6) is 0 Å². The first-order chi connectivity index (χ1) is 9.10. The molecule has 1 amide bonds. The van der Waals surface area contributed by atoms with E-state index in [-0.39, 0.29) is 11.6 Å². The summed E-state index contributed by atoms with van der Waals surface area (Å²) >= 11 is 0. The minimum atomic E-state index is -0.723. The molecule has 0 unspecified atom stereocenters. The van der Waals surface area contributed by atoms with Gasteiger partial charge in [-0.25, -0.2) is 4.79 Å². The molecule has 112 valence electrons. The molecule has 0 aliphatic heterocycles. The molecule has 1 N–H and O–H groups in total. The molecule has 1 aromatic heterocycles. The van der Waals surface area contributed by atoms with E-state index in [9.17, 15) is 9.59 Å². The highest BCUT2D eigenvalue weighted by Gasteiger charge is 2.30. The van der Waals surface area contributed by atoms with E-state index in [1.807, 2.05) is 13.8 Å². The maximum atomic E-state index is 12.1. The summed E-state index contributed by atoms with van der Waals surface area (Å²) in [7, 11) is 0. The van der Waals surface area contributed by atoms with Crippen LogP contribution < -0.4 is 5.32 Å². The van der Waals surface area contributed by atoms with Crippen molar-refractivity contribution in [2.24, 2.45) is 5.92 Å². The zero-order chi connectivity index (χ0) is 15.5. The van der Waals surface area contributed by atoms with Crippen LogP contribution in [0.15, 0.2) is 10.6 Å². The molecule has 1 rings (SSSR count). The molecule has 0 spiro atoms. The van der Waals surface area contributed by atoms with Gasteiger partial charge in [-0.1, -0.05) is 19.0 Å². The SMILES string of the molecule is Cc1cc(C(=O)N[C@H](C(=O)OC(C)(C)C)C(C)C)no1. The smallest absolute Gasteiger partial charge is 0.329 e. The molecule has 6 heteroatoms. The first-order valence-corrected chi connectivity index (χ1v) is 6.57. The van der Waals surface area contributed by atoms with Crippen molar-refractivity contribution in [3.05, 3.63) is 17.5 Å². The number of carbonyl (C=O) groups is 2. The molecular formula is C14H22N2O4. The number of amides is 1. The van der Waals surface area contributed by atoms with Gasteiger partial charge in [-0.2, -0.15) is 0 Å². The van der Waals surface area contributed by atoms with E-state index >= 15 is 0 Å². The number of esters is 1. The van der Waals surface area contributed by atoms with Gasteiger partial charge in [0.15, 0.2) is 5.69 Å². The van der Waals surface area contributed by atoms with Crippen LogP contribution in [0, 0.1) is 12.8 Å². The average molecular weight is 282 g/mol. The van der Waals surface area contributed by atoms with Crippen molar-refractivity contribution in [1.82, 2.24) is 10.5 Å². The van der Waals surface area contributed by atoms with Crippen LogP contribution in [0.4, 0.5) is 0 Å². The van der Waals surface area contributed by atoms with Gasteiger partial charge in [0.1, 0.15) is 17.4 Å². The number of hydrogen-bond donors (Lipinski definition) is 1. The second kappa shape index (κ2) is 6.07. The molecule has 20 heavy (non-hydrogen) atoms. The van der Waals surface area contributed by atoms with Gasteiger partial charge in [0.25, 0.3) is 5.91 Å². The topological polar surface area (TPSA) is 81.4 Å². The Labute approximate surface area is 118 Å². The summed E-state index contributed by atoms with van der Waals surface area (Å²) in [6.07, 6.45) is 0. The van der Waals surface area contributed by atoms with E-state index < -0.39 is 23.5 Å². The number of hydrogen-bond acceptors (Lipinski definition) is 5. The Morgan fingerprint density at radius 3 is 2.35 bits per heavy atom. The summed E-state index contributed by atoms with van der Waals surface area (Å²) < 4.78 is 10.1. The Kier molecular flexibility index (Phi) is 4.92. The van der Waals surface area contributed by atoms with Crippen molar-refractivity contribution < 1.29 is 18.8 Å². The molecule has 0 aliphatic rings. The standard InChI is InChI=1S/C14H22N2O4/c1-8(2)11(13(18)19-14(4,5)6)15-12(17)10-7-9(3)20-16-10/h7-8,11H,1-6H3,(H,15,17)/t11-/m0/s1. The third kappa shape index (κ3) is 4.68. The molecule has 1 heterocycles. The van der Waals surface area contributed by atoms with Gasteiger partial charge in [0, 0.05) is 6.07 Å². The van der Waals surface area contributed by atoms with Gasteiger partial charge in [0.05, 0.1) is 0 Å². The van der Waals surface area contributed by atoms with Gasteiger partial charge >= 0.3 is 5.97 Å². The number of ether oxygens (including phenoxy) is 1. The van der Waals surface area contributed by atoms with Crippen molar-refractivity contribution in [3.8, 4) is 0 Å². The third-order valence-corrected chi connectivity index (χ3v) is 2.47. The molecule has 0 aromatic carbocycles. The van der Waals surface area contributed by atoms with Gasteiger partial charge in [-0.3, -0.25) is 4.79 Å². The number of carbonyl (C=O) groups excluding carboxylic acids is 2. The fourth-order valence-electron chi connectivity index (χ4n) is 1.55. The summed E-state index contributed by atoms with van der Waals surface area (Å²) in [4.78, 5) is 24.1. The zero-order valence-electron chi connectivity index (χ0n) is 12.8. The molecule has 0 radical (unpaired) electrons. The second-order valence-electron chi connectivity index (χ2n) is 6.05. The van der Waals surface area contributed by atoms with Gasteiger partial charge in [0.2, 0.25) is 0 Å². The van der Waals surface area contributed by atoms with E-state index in [1.165, 1.54) is 6.07 Å². The summed E-state index contributed by atoms with van der Waals surface area (Å²) in [5.41, 5.74) is -0.448. The predicted molar refractivity (Wildman–Crippen MR) is 73.2 cm³/mol. The van der Waals surface area contributed by atoms with Gasteiger partial charge in [-0.15, -0.1) is 0 Å². The second-order valence-corrected chi connectivity index (χ2v) is 6.05. The first kappa shape index (κ1) is 16.2. The quantitative estimate of drug-likeness (QED) is 0.855. The van der Waals surface area contributed by atoms with E-state index in [2.05, 4.69) is 10.5 Å². The fraction of sp³-hybridized carbons (Fsp3) is 0.643. The summed E-state index contributed by atoms with van der Waals surface area (Å²) in [6.45, 7) is 10.7. The van der Waals surface area contributed by atoms with E-state index in [4.69, 9.17) is 9.26 Å². The lowest BCUT2D eigenvalue weighted by Gasteiger charge is -2.26. The molecule has 0 fully saturated rings. The fourth-order valence-corrected chi connectivity index (χ4v) is 1.55. The van der Waals surface area contributed by atoms with Crippen molar-refractivity contribution in [3.63, 3.8) is 0 Å². The molecule has 1 aromatic rings. The number of nitrogens with one attached hydrogen (secondary N) is 1. The summed E-state index contributed by atoms with van der Waals surface area (Å²) in [6, 6.07) is 0.792. The molecule has 0 bridgehead atoms. The van der Waals surface area contributed by atoms with Crippen LogP contribution in [0.1, 0.15) is 50.9 Å². The highest BCUT2D eigenvalue weighted by Crippen LogP contribution is 2.13. The number of nitrogens with zero attached hydrogens (tertiary/aromatic N) is 1. The number of rotatable bonds is 4. The van der Waals surface area contributed by atoms with Crippen LogP contribution in [-0.4, -0.2) is 28.7 Å². The molecular weight excluding hydrogens is 260 g/mol. The molecule has 0 saturated carbocycles. The van der Waals surface area contributed by atoms with Crippen LogP contribution >= 0.6 is 0 Å². The monoisotopic (exact) mass is 282 g/mol. The summed E-state index contributed by atoms with van der Waals surface area (Å²) in [5.74, 6) is -0.470. The zero-order valence-corrected chi connectivity index (χ0v) is 12.8. The Morgan fingerprint density at radius 1 is 1.35 bits per heavy atom. The molecule has 0 aliphatic carbocycles. The Morgan fingerprint density at radius 2 is 1.95 bits per heavy atom. The van der Waals surface area contributed by atoms with Crippen molar-refractivity contribution in [2.75, 3.05) is 0 Å². The number of aromatic nitrogens is 1. The van der Waals surface area contributed by atoms with Crippen molar-refractivity contribution in [2.45, 2.75) is 53.2 Å². The normalized spacial score (nSPS) is 13.2. The van der Waals surface area contributed by atoms with Gasteiger partial charge < -0.3 is 14.6 Å².